The van der Waals surface area contributed by atoms with Crippen molar-refractivity contribution in [1.29, 1.82) is 0 Å². The molecule has 1 aliphatic heterocycles. The molecule has 4 N–H and O–H groups in total. The van der Waals surface area contributed by atoms with Crippen molar-refractivity contribution in [3.63, 3.8) is 0 Å². The summed E-state index contributed by atoms with van der Waals surface area (Å²) >= 11 is 1.47. The first kappa shape index (κ1) is 40.1. The number of rotatable bonds is 14. The molecule has 0 aliphatic carbocycles. The molecule has 1 aromatic heterocycles. The fraction of sp³-hybridized carbons (Fsp3) is 0.250. The highest BCUT2D eigenvalue weighted by Gasteiger charge is 2.38. The number of hydrogen-bond donors (Lipinski definition) is 4. The lowest BCUT2D eigenvalue weighted by Gasteiger charge is -2.41. The summed E-state index contributed by atoms with van der Waals surface area (Å²) < 4.78 is 20.0. The molecule has 2 amide bonds. The third-order valence-electron chi connectivity index (χ3n) is 10.1. The third kappa shape index (κ3) is 9.72. The second kappa shape index (κ2) is 18.9. The van der Waals surface area contributed by atoms with E-state index in [1.54, 1.807) is 28.9 Å². The lowest BCUT2D eigenvalue weighted by Crippen LogP contribution is -2.47. The predicted molar refractivity (Wildman–Crippen MR) is 218 cm³/mol. The number of esters is 1. The number of hydrogen-bond acceptors (Lipinski definition) is 11. The van der Waals surface area contributed by atoms with Crippen LogP contribution in [0.25, 0.3) is 16.8 Å². The van der Waals surface area contributed by atoms with Gasteiger partial charge in [0.05, 0.1) is 31.6 Å². The van der Waals surface area contributed by atoms with Crippen molar-refractivity contribution in [3.05, 3.63) is 155 Å². The van der Waals surface area contributed by atoms with Crippen LogP contribution in [0.1, 0.15) is 47.1 Å². The summed E-state index contributed by atoms with van der Waals surface area (Å²) in [4.78, 5) is 25.5. The van der Waals surface area contributed by atoms with Crippen molar-refractivity contribution >= 4 is 23.8 Å². The highest BCUT2D eigenvalue weighted by Crippen LogP contribution is 2.43. The van der Waals surface area contributed by atoms with E-state index in [0.29, 0.717) is 17.3 Å². The van der Waals surface area contributed by atoms with Gasteiger partial charge in [-0.25, -0.2) is 9.59 Å². The molecular formula is C44H44N6O7S. The van der Waals surface area contributed by atoms with Crippen molar-refractivity contribution in [2.24, 2.45) is 5.92 Å². The first-order valence-electron chi connectivity index (χ1n) is 18.8. The molecule has 2 heterocycles. The number of tetrazole rings is 1. The average molecular weight is 801 g/mol. The molecule has 14 heteroatoms. The number of amides is 2. The topological polar surface area (TPSA) is 170 Å². The summed E-state index contributed by atoms with van der Waals surface area (Å²) in [5, 5.41) is 38.0. The maximum atomic E-state index is 13.0. The summed E-state index contributed by atoms with van der Waals surface area (Å²) in [5.41, 5.74) is 7.00. The number of phenols is 1. The predicted octanol–water partition coefficient (Wildman–Crippen LogP) is 6.69. The monoisotopic (exact) mass is 800 g/mol. The fourth-order valence-corrected chi connectivity index (χ4v) is 7.89. The number of aliphatic hydroxyl groups excluding tert-OH is 1. The molecule has 0 bridgehead atoms. The number of methoxy groups -OCH3 is 1. The highest BCUT2D eigenvalue weighted by molar-refractivity contribution is 7.99. The number of benzene rings is 5. The van der Waals surface area contributed by atoms with Crippen LogP contribution >= 0.6 is 11.8 Å². The lowest BCUT2D eigenvalue weighted by molar-refractivity contribution is -0.268. The molecule has 5 unspecified atom stereocenters. The summed E-state index contributed by atoms with van der Waals surface area (Å²) in [6.45, 7) is 2.27. The Balaban J connectivity index is 1.06. The van der Waals surface area contributed by atoms with Crippen LogP contribution in [-0.4, -0.2) is 67.4 Å². The van der Waals surface area contributed by atoms with E-state index in [1.807, 2.05) is 103 Å². The molecule has 1 aliphatic rings. The van der Waals surface area contributed by atoms with Gasteiger partial charge in [0.15, 0.2) is 6.29 Å². The number of nitrogens with one attached hydrogen (secondary N) is 2. The maximum absolute atomic E-state index is 13.0. The second-order valence-electron chi connectivity index (χ2n) is 13.9. The molecule has 298 valence electrons. The van der Waals surface area contributed by atoms with Gasteiger partial charge in [0.2, 0.25) is 5.16 Å². The molecule has 7 rings (SSSR count). The Bertz CT molecular complexity index is 2270. The number of aliphatic hydroxyl groups is 1. The Labute approximate surface area is 340 Å². The number of urea groups is 1. The van der Waals surface area contributed by atoms with E-state index in [1.165, 1.54) is 18.9 Å². The number of phenolic OH excluding ortho intramolecular Hbond substituents is 1. The minimum atomic E-state index is -0.845. The molecule has 0 radical (unpaired) electrons. The molecule has 6 aromatic rings. The molecule has 1 saturated heterocycles. The van der Waals surface area contributed by atoms with E-state index < -0.39 is 24.3 Å². The van der Waals surface area contributed by atoms with Gasteiger partial charge < -0.3 is 35.1 Å². The fourth-order valence-electron chi connectivity index (χ4n) is 6.84. The van der Waals surface area contributed by atoms with E-state index in [-0.39, 0.29) is 37.0 Å². The van der Waals surface area contributed by atoms with Gasteiger partial charge in [-0.3, -0.25) is 0 Å². The van der Waals surface area contributed by atoms with E-state index >= 15 is 0 Å². The minimum absolute atomic E-state index is 0.0501. The summed E-state index contributed by atoms with van der Waals surface area (Å²) in [7, 11) is 1.30. The number of nitrogens with zero attached hydrogens (tertiary/aromatic N) is 4. The molecule has 1 fully saturated rings. The Morgan fingerprint density at radius 1 is 0.862 bits per heavy atom. The Kier molecular flexibility index (Phi) is 13.1. The highest BCUT2D eigenvalue weighted by atomic mass is 32.2. The van der Waals surface area contributed by atoms with E-state index in [4.69, 9.17) is 14.2 Å². The van der Waals surface area contributed by atoms with Crippen LogP contribution in [0.4, 0.5) is 4.79 Å². The Hall–Kier alpha value is -6.06. The number of thioether (sulfide) groups is 1. The van der Waals surface area contributed by atoms with Crippen molar-refractivity contribution in [1.82, 2.24) is 30.8 Å². The number of aromatic hydroxyl groups is 1. The first-order valence-corrected chi connectivity index (χ1v) is 19.8. The number of aromatic nitrogens is 4. The van der Waals surface area contributed by atoms with Gasteiger partial charge in [0.25, 0.3) is 0 Å². The molecule has 0 saturated carbocycles. The maximum Gasteiger partial charge on any atom is 0.328 e. The van der Waals surface area contributed by atoms with Gasteiger partial charge >= 0.3 is 12.0 Å². The van der Waals surface area contributed by atoms with Crippen LogP contribution in [0.2, 0.25) is 0 Å². The average Bonchev–Trinajstić information content (AvgIpc) is 3.74. The summed E-state index contributed by atoms with van der Waals surface area (Å²) in [5.74, 6) is 0.102. The van der Waals surface area contributed by atoms with Gasteiger partial charge in [0, 0.05) is 30.2 Å². The van der Waals surface area contributed by atoms with Gasteiger partial charge in [-0.05, 0) is 68.1 Å². The van der Waals surface area contributed by atoms with Crippen LogP contribution in [0, 0.1) is 5.92 Å². The Morgan fingerprint density at radius 3 is 2.29 bits per heavy atom. The molecular weight excluding hydrogens is 757 g/mol. The third-order valence-corrected chi connectivity index (χ3v) is 11.1. The van der Waals surface area contributed by atoms with Gasteiger partial charge in [-0.1, -0.05) is 122 Å². The van der Waals surface area contributed by atoms with Crippen molar-refractivity contribution < 1.29 is 34.0 Å². The summed E-state index contributed by atoms with van der Waals surface area (Å²) in [6.07, 6.45) is -0.963. The Morgan fingerprint density at radius 2 is 1.57 bits per heavy atom. The lowest BCUT2D eigenvalue weighted by atomic mass is 9.91. The van der Waals surface area contributed by atoms with Crippen LogP contribution in [0.5, 0.6) is 5.75 Å². The zero-order chi connectivity index (χ0) is 40.4. The number of carbonyl (C=O) groups is 2. The van der Waals surface area contributed by atoms with Crippen molar-refractivity contribution in [2.75, 3.05) is 12.9 Å². The summed E-state index contributed by atoms with van der Waals surface area (Å²) in [6, 6.07) is 38.3. The number of ether oxygens (including phenoxy) is 3. The first-order chi connectivity index (χ1) is 28.3. The molecule has 0 spiro atoms. The quantitative estimate of drug-likeness (QED) is 0.0684. The smallest absolute Gasteiger partial charge is 0.328 e. The number of carbonyl (C=O) groups excluding carboxylic acids is 2. The SMILES string of the molecule is COC(=O)C(Cc1ccccc1)NC(=O)NCc1ccccc1-c1ccc(C2OC(CSc3nnnn3-c3ccc(O)cc3)C(C)C(c3ccc(CO)cc3)O2)cc1. The molecule has 5 aromatic carbocycles. The van der Waals surface area contributed by atoms with Crippen LogP contribution in [0.3, 0.4) is 0 Å². The molecule has 58 heavy (non-hydrogen) atoms. The van der Waals surface area contributed by atoms with Crippen molar-refractivity contribution in [2.45, 2.75) is 56.2 Å². The molecule has 13 nitrogen and oxygen atoms in total. The molecule has 5 atom stereocenters. The minimum Gasteiger partial charge on any atom is -0.508 e. The van der Waals surface area contributed by atoms with E-state index in [9.17, 15) is 19.8 Å². The van der Waals surface area contributed by atoms with Crippen LogP contribution in [0.15, 0.2) is 133 Å². The van der Waals surface area contributed by atoms with Gasteiger partial charge in [-0.15, -0.1) is 5.10 Å². The van der Waals surface area contributed by atoms with E-state index in [2.05, 4.69) is 33.1 Å². The normalized spacial score (nSPS) is 18.3. The van der Waals surface area contributed by atoms with Gasteiger partial charge in [-0.2, -0.15) is 4.68 Å². The van der Waals surface area contributed by atoms with Gasteiger partial charge in [0.1, 0.15) is 11.8 Å². The van der Waals surface area contributed by atoms with Crippen LogP contribution in [-0.2, 0) is 38.6 Å². The largest absolute Gasteiger partial charge is 0.508 e. The van der Waals surface area contributed by atoms with E-state index in [0.717, 1.165) is 44.6 Å². The van der Waals surface area contributed by atoms with Crippen molar-refractivity contribution in [3.8, 4) is 22.6 Å². The zero-order valence-electron chi connectivity index (χ0n) is 32.0. The second-order valence-corrected chi connectivity index (χ2v) is 14.9. The standard InChI is InChI=1S/C44H44N6O7S/c1-28-39(27-58-44-47-48-49-50(44)35-20-22-36(52)23-21-35)56-42(57-40(28)32-14-12-30(26-51)13-15-32)33-18-16-31(17-19-33)37-11-7-6-10-34(37)25-45-43(54)46-38(41(53)55-2)24-29-8-4-3-5-9-29/h3-23,28,38-40,42,51-52H,24-27H2,1-2H3,(H2,45,46,54). The zero-order valence-corrected chi connectivity index (χ0v) is 32.8. The van der Waals surface area contributed by atoms with Crippen LogP contribution < -0.4 is 10.6 Å².